The predicted octanol–water partition coefficient (Wildman–Crippen LogP) is 8.27. The van der Waals surface area contributed by atoms with Gasteiger partial charge in [-0.3, -0.25) is 19.4 Å². The highest BCUT2D eigenvalue weighted by atomic mass is 32.1. The number of esters is 1. The number of carbonyl (C=O) groups is 2. The van der Waals surface area contributed by atoms with Crippen LogP contribution in [0.1, 0.15) is 94.3 Å². The highest BCUT2D eigenvalue weighted by Crippen LogP contribution is 2.34. The summed E-state index contributed by atoms with van der Waals surface area (Å²) in [7, 11) is 0. The molecular weight excluding hydrogens is 821 g/mol. The van der Waals surface area contributed by atoms with Gasteiger partial charge in [0, 0.05) is 85.1 Å². The minimum atomic E-state index is -0.774. The number of fused-ring (bicyclic) bond motifs is 2. The molecule has 4 aliphatic heterocycles. The average molecular weight is 887 g/mol. The number of carboxylic acids is 1. The summed E-state index contributed by atoms with van der Waals surface area (Å²) in [5.41, 5.74) is 4.03. The van der Waals surface area contributed by atoms with Crippen LogP contribution in [-0.2, 0) is 40.3 Å². The van der Waals surface area contributed by atoms with Crippen LogP contribution in [0.4, 0.5) is 0 Å². The Morgan fingerprint density at radius 2 is 1.15 bits per heavy atom. The minimum Gasteiger partial charge on any atom is -0.494 e. The van der Waals surface area contributed by atoms with E-state index < -0.39 is 11.6 Å². The number of ether oxygens (including phenoxy) is 3. The molecule has 0 bridgehead atoms. The molecule has 2 saturated heterocycles. The molecule has 336 valence electrons. The lowest BCUT2D eigenvalue weighted by molar-refractivity contribution is -0.156. The SMILES string of the molecule is C[C@@H]1CCCN1CCCOc1ccc(-c2nc3c(s2)CN(CC(=O)O)CC3)cc1.C[C@@H]1CCCN1CCCOc1ccc(-c2nc3c(s2)CN(CC(=O)OC(C)(C)C)CC3)cc1. The van der Waals surface area contributed by atoms with Gasteiger partial charge in [-0.25, -0.2) is 9.97 Å². The Labute approximate surface area is 376 Å². The number of likely N-dealkylation sites (tertiary alicyclic amines) is 2. The van der Waals surface area contributed by atoms with Crippen LogP contribution in [0.25, 0.3) is 21.1 Å². The molecule has 2 fully saturated rings. The maximum absolute atomic E-state index is 12.2. The van der Waals surface area contributed by atoms with E-state index in [4.69, 9.17) is 29.3 Å². The predicted molar refractivity (Wildman–Crippen MR) is 247 cm³/mol. The summed E-state index contributed by atoms with van der Waals surface area (Å²) in [6.07, 6.45) is 9.09. The van der Waals surface area contributed by atoms with Gasteiger partial charge in [-0.1, -0.05) is 0 Å². The van der Waals surface area contributed by atoms with Gasteiger partial charge in [-0.05, 0) is 135 Å². The molecule has 62 heavy (non-hydrogen) atoms. The van der Waals surface area contributed by atoms with Crippen molar-refractivity contribution in [3.8, 4) is 32.6 Å². The molecule has 2 aromatic heterocycles. The zero-order valence-corrected chi connectivity index (χ0v) is 39.0. The molecule has 1 N–H and O–H groups in total. The minimum absolute atomic E-state index is 0.0926. The van der Waals surface area contributed by atoms with E-state index >= 15 is 0 Å². The van der Waals surface area contributed by atoms with Gasteiger partial charge in [-0.15, -0.1) is 22.7 Å². The smallest absolute Gasteiger partial charge is 0.320 e. The van der Waals surface area contributed by atoms with E-state index in [-0.39, 0.29) is 12.5 Å². The van der Waals surface area contributed by atoms with Crippen LogP contribution >= 0.6 is 22.7 Å². The fraction of sp³-hybridized carbons (Fsp3) is 0.583. The van der Waals surface area contributed by atoms with Crippen molar-refractivity contribution in [2.24, 2.45) is 0 Å². The van der Waals surface area contributed by atoms with E-state index in [1.807, 2.05) is 49.9 Å². The lowest BCUT2D eigenvalue weighted by Crippen LogP contribution is -2.37. The molecule has 12 nitrogen and oxygen atoms in total. The number of carbonyl (C=O) groups excluding carboxylic acids is 1. The highest BCUT2D eigenvalue weighted by Gasteiger charge is 2.26. The number of thiazole rings is 2. The van der Waals surface area contributed by atoms with Crippen molar-refractivity contribution in [1.29, 1.82) is 0 Å². The topological polar surface area (TPSA) is 121 Å². The Morgan fingerprint density at radius 3 is 1.55 bits per heavy atom. The van der Waals surface area contributed by atoms with E-state index in [9.17, 15) is 9.59 Å². The van der Waals surface area contributed by atoms with Gasteiger partial charge in [0.2, 0.25) is 0 Å². The standard InChI is InChI=1S/C26H37N3O3S.C22H29N3O3S/c1-19-7-5-13-29(19)14-6-16-31-21-10-8-20(9-11-21)25-27-22-12-15-28(17-23(22)33-25)18-24(30)32-26(2,3)4;1-16-4-2-10-25(16)11-3-13-28-18-7-5-17(6-8-18)22-23-19-9-12-24(15-21(26)27)14-20(19)29-22/h8-11,19H,5-7,12-18H2,1-4H3;5-8,16H,2-4,9-15H2,1H3,(H,26,27)/t19-;16-/m11/s1. The highest BCUT2D eigenvalue weighted by molar-refractivity contribution is 7.15. The second-order valence-electron chi connectivity index (χ2n) is 18.2. The van der Waals surface area contributed by atoms with E-state index in [0.717, 1.165) is 128 Å². The molecule has 8 rings (SSSR count). The molecule has 2 atom stereocenters. The number of rotatable bonds is 16. The molecule has 14 heteroatoms. The summed E-state index contributed by atoms with van der Waals surface area (Å²) >= 11 is 3.39. The third-order valence-corrected chi connectivity index (χ3v) is 14.3. The van der Waals surface area contributed by atoms with Crippen molar-refractivity contribution < 1.29 is 28.9 Å². The molecular formula is C48H66N6O6S2. The van der Waals surface area contributed by atoms with E-state index in [1.54, 1.807) is 22.7 Å². The Balaban J connectivity index is 0.000000188. The summed E-state index contributed by atoms with van der Waals surface area (Å²) in [4.78, 5) is 44.5. The van der Waals surface area contributed by atoms with Gasteiger partial charge >= 0.3 is 11.9 Å². The van der Waals surface area contributed by atoms with Gasteiger partial charge < -0.3 is 29.1 Å². The first-order chi connectivity index (χ1) is 29.8. The van der Waals surface area contributed by atoms with Crippen LogP contribution in [0.15, 0.2) is 48.5 Å². The lowest BCUT2D eigenvalue weighted by atomic mass is 10.1. The Morgan fingerprint density at radius 1 is 0.694 bits per heavy atom. The molecule has 0 aliphatic carbocycles. The number of carboxylic acid groups (broad SMARTS) is 1. The second kappa shape index (κ2) is 21.6. The largest absolute Gasteiger partial charge is 0.494 e. The van der Waals surface area contributed by atoms with Crippen LogP contribution < -0.4 is 9.47 Å². The zero-order chi connectivity index (χ0) is 43.6. The lowest BCUT2D eigenvalue weighted by Gasteiger charge is -2.27. The molecule has 0 saturated carbocycles. The number of aliphatic carboxylic acids is 1. The maximum atomic E-state index is 12.2. The van der Waals surface area contributed by atoms with E-state index in [1.165, 1.54) is 48.5 Å². The van der Waals surface area contributed by atoms with E-state index in [2.05, 4.69) is 52.8 Å². The first-order valence-corrected chi connectivity index (χ1v) is 24.3. The average Bonchev–Trinajstić information content (AvgIpc) is 4.05. The van der Waals surface area contributed by atoms with Gasteiger partial charge in [0.25, 0.3) is 0 Å². The Kier molecular flexibility index (Phi) is 16.1. The number of benzene rings is 2. The van der Waals surface area contributed by atoms with Crippen molar-refractivity contribution in [3.05, 3.63) is 69.7 Å². The monoisotopic (exact) mass is 886 g/mol. The molecule has 0 unspecified atom stereocenters. The molecule has 4 aromatic rings. The third-order valence-electron chi connectivity index (χ3n) is 12.1. The first kappa shape index (κ1) is 46.1. The molecule has 0 spiro atoms. The van der Waals surface area contributed by atoms with Crippen LogP contribution in [0.3, 0.4) is 0 Å². The van der Waals surface area contributed by atoms with Crippen LogP contribution in [0.2, 0.25) is 0 Å². The molecule has 0 amide bonds. The summed E-state index contributed by atoms with van der Waals surface area (Å²) in [5.74, 6) is 0.875. The Bertz CT molecular complexity index is 2060. The zero-order valence-electron chi connectivity index (χ0n) is 37.4. The van der Waals surface area contributed by atoms with Gasteiger partial charge in [0.15, 0.2) is 0 Å². The van der Waals surface area contributed by atoms with Crippen molar-refractivity contribution >= 4 is 34.6 Å². The van der Waals surface area contributed by atoms with Gasteiger partial charge in [-0.2, -0.15) is 0 Å². The number of hydrogen-bond donors (Lipinski definition) is 1. The van der Waals surface area contributed by atoms with Gasteiger partial charge in [0.1, 0.15) is 27.1 Å². The van der Waals surface area contributed by atoms with Crippen molar-refractivity contribution in [1.82, 2.24) is 29.6 Å². The van der Waals surface area contributed by atoms with E-state index in [0.29, 0.717) is 13.1 Å². The molecule has 2 aromatic carbocycles. The first-order valence-electron chi connectivity index (χ1n) is 22.7. The maximum Gasteiger partial charge on any atom is 0.320 e. The van der Waals surface area contributed by atoms with Crippen LogP contribution in [0.5, 0.6) is 11.5 Å². The van der Waals surface area contributed by atoms with Gasteiger partial charge in [0.05, 0.1) is 37.7 Å². The number of hydrogen-bond acceptors (Lipinski definition) is 13. The van der Waals surface area contributed by atoms with Crippen molar-refractivity contribution in [2.75, 3.05) is 65.6 Å². The third kappa shape index (κ3) is 13.3. The summed E-state index contributed by atoms with van der Waals surface area (Å²) in [6, 6.07) is 17.9. The van der Waals surface area contributed by atoms with Crippen molar-refractivity contribution in [2.45, 2.75) is 117 Å². The summed E-state index contributed by atoms with van der Waals surface area (Å²) in [5, 5.41) is 11.0. The van der Waals surface area contributed by atoms with Crippen molar-refractivity contribution in [3.63, 3.8) is 0 Å². The number of aromatic nitrogens is 2. The molecule has 4 aliphatic rings. The number of nitrogens with zero attached hydrogens (tertiary/aromatic N) is 6. The fourth-order valence-corrected chi connectivity index (χ4v) is 11.0. The second-order valence-corrected chi connectivity index (χ2v) is 20.4. The van der Waals surface area contributed by atoms with Crippen LogP contribution in [-0.4, -0.2) is 130 Å². The fourth-order valence-electron chi connectivity index (χ4n) is 8.71. The molecule has 6 heterocycles. The summed E-state index contributed by atoms with van der Waals surface area (Å²) in [6.45, 7) is 20.0. The summed E-state index contributed by atoms with van der Waals surface area (Å²) < 4.78 is 17.4. The molecule has 0 radical (unpaired) electrons. The Hall–Kier alpha value is -3.92. The van der Waals surface area contributed by atoms with Crippen LogP contribution in [0, 0.1) is 0 Å². The normalized spacial score (nSPS) is 19.7. The quantitative estimate of drug-likeness (QED) is 0.0862.